The number of nitrogens with zero attached hydrogens (tertiary/aromatic N) is 1. The Labute approximate surface area is 54.2 Å². The van der Waals surface area contributed by atoms with Crippen LogP contribution >= 0.6 is 11.6 Å². The first kappa shape index (κ1) is 5.70. The Morgan fingerprint density at radius 3 is 2.88 bits per heavy atom. The molecule has 0 aromatic rings. The molecule has 1 aliphatic rings. The molecule has 0 aromatic carbocycles. The van der Waals surface area contributed by atoms with Crippen molar-refractivity contribution in [1.82, 2.24) is 4.90 Å². The fourth-order valence-corrected chi connectivity index (χ4v) is 0.894. The number of rotatable bonds is 0. The fourth-order valence-electron chi connectivity index (χ4n) is 0.638. The van der Waals surface area contributed by atoms with Gasteiger partial charge in [0.15, 0.2) is 0 Å². The highest BCUT2D eigenvalue weighted by Crippen LogP contribution is 2.08. The van der Waals surface area contributed by atoms with Crippen molar-refractivity contribution >= 4 is 11.6 Å². The zero-order chi connectivity index (χ0) is 5.98. The number of halogens is 1. The minimum atomic E-state index is 0.804. The number of allylic oxidation sites excluding steroid dienone is 2. The summed E-state index contributed by atoms with van der Waals surface area (Å²) in [6.45, 7) is 0.968. The van der Waals surface area contributed by atoms with E-state index < -0.39 is 0 Å². The lowest BCUT2D eigenvalue weighted by atomic mass is 10.4. The Bertz CT molecular complexity index is 137. The molecule has 0 saturated heterocycles. The Hall–Kier alpha value is -0.430. The summed E-state index contributed by atoms with van der Waals surface area (Å²) in [6, 6.07) is 0. The zero-order valence-corrected chi connectivity index (χ0v) is 5.52. The van der Waals surface area contributed by atoms with E-state index in [1.807, 2.05) is 30.3 Å². The molecular weight excluding hydrogens is 122 g/mol. The summed E-state index contributed by atoms with van der Waals surface area (Å²) in [6.07, 6.45) is 5.84. The predicted molar refractivity (Wildman–Crippen MR) is 35.7 cm³/mol. The van der Waals surface area contributed by atoms with Crippen molar-refractivity contribution in [1.29, 1.82) is 0 Å². The highest BCUT2D eigenvalue weighted by molar-refractivity contribution is 6.31. The standard InChI is InChI=1S/C6H8ClN/c1-8-4-2-3-6(7)5-8/h2-3,5H,4H2,1H3. The second-order valence-corrected chi connectivity index (χ2v) is 2.29. The summed E-state index contributed by atoms with van der Waals surface area (Å²) >= 11 is 5.64. The van der Waals surface area contributed by atoms with Crippen molar-refractivity contribution in [3.63, 3.8) is 0 Å². The first-order chi connectivity index (χ1) is 3.79. The average molecular weight is 130 g/mol. The highest BCUT2D eigenvalue weighted by Gasteiger charge is 1.94. The van der Waals surface area contributed by atoms with Gasteiger partial charge >= 0.3 is 0 Å². The molecule has 2 heteroatoms. The monoisotopic (exact) mass is 129 g/mol. The molecule has 1 nitrogen and oxygen atoms in total. The van der Waals surface area contributed by atoms with E-state index in [2.05, 4.69) is 0 Å². The third-order valence-corrected chi connectivity index (χ3v) is 1.24. The molecule has 0 N–H and O–H groups in total. The average Bonchev–Trinajstić information content (AvgIpc) is 1.64. The zero-order valence-electron chi connectivity index (χ0n) is 4.76. The minimum Gasteiger partial charge on any atom is -0.375 e. The summed E-state index contributed by atoms with van der Waals surface area (Å²) in [5.41, 5.74) is 0. The van der Waals surface area contributed by atoms with Crippen LogP contribution in [0.15, 0.2) is 23.4 Å². The minimum absolute atomic E-state index is 0.804. The van der Waals surface area contributed by atoms with E-state index in [9.17, 15) is 0 Å². The molecule has 1 aliphatic heterocycles. The van der Waals surface area contributed by atoms with Gasteiger partial charge in [0.1, 0.15) is 0 Å². The number of hydrogen-bond acceptors (Lipinski definition) is 1. The van der Waals surface area contributed by atoms with Gasteiger partial charge in [0.25, 0.3) is 0 Å². The molecule has 1 rings (SSSR count). The van der Waals surface area contributed by atoms with Gasteiger partial charge in [-0.3, -0.25) is 0 Å². The van der Waals surface area contributed by atoms with Crippen LogP contribution in [0.25, 0.3) is 0 Å². The van der Waals surface area contributed by atoms with E-state index in [-0.39, 0.29) is 0 Å². The van der Waals surface area contributed by atoms with Gasteiger partial charge in [0, 0.05) is 19.8 Å². The molecule has 0 aromatic heterocycles. The Kier molecular flexibility index (Phi) is 1.59. The van der Waals surface area contributed by atoms with Crippen LogP contribution < -0.4 is 0 Å². The van der Waals surface area contributed by atoms with Crippen LogP contribution in [0, 0.1) is 0 Å². The second kappa shape index (κ2) is 2.23. The highest BCUT2D eigenvalue weighted by atomic mass is 35.5. The molecule has 0 radical (unpaired) electrons. The lowest BCUT2D eigenvalue weighted by Gasteiger charge is -2.13. The lowest BCUT2D eigenvalue weighted by molar-refractivity contribution is 0.503. The van der Waals surface area contributed by atoms with E-state index in [1.165, 1.54) is 0 Å². The van der Waals surface area contributed by atoms with E-state index in [1.54, 1.807) is 0 Å². The van der Waals surface area contributed by atoms with Crippen molar-refractivity contribution in [2.45, 2.75) is 0 Å². The van der Waals surface area contributed by atoms with Crippen molar-refractivity contribution in [2.75, 3.05) is 13.6 Å². The predicted octanol–water partition coefficient (Wildman–Crippen LogP) is 1.57. The quantitative estimate of drug-likeness (QED) is 0.480. The third kappa shape index (κ3) is 1.27. The van der Waals surface area contributed by atoms with Gasteiger partial charge < -0.3 is 4.90 Å². The Morgan fingerprint density at radius 1 is 1.75 bits per heavy atom. The van der Waals surface area contributed by atoms with Crippen molar-refractivity contribution in [3.05, 3.63) is 23.4 Å². The first-order valence-electron chi connectivity index (χ1n) is 2.53. The summed E-state index contributed by atoms with van der Waals surface area (Å²) in [4.78, 5) is 2.03. The maximum atomic E-state index is 5.64. The normalized spacial score (nSPS) is 18.8. The molecule has 0 amide bonds. The summed E-state index contributed by atoms with van der Waals surface area (Å²) in [5, 5.41) is 0.804. The van der Waals surface area contributed by atoms with Crippen LogP contribution in [0.2, 0.25) is 0 Å². The van der Waals surface area contributed by atoms with E-state index >= 15 is 0 Å². The SMILES string of the molecule is CN1C=C(Cl)C=CC1. The third-order valence-electron chi connectivity index (χ3n) is 1.01. The van der Waals surface area contributed by atoms with Crippen LogP contribution in [0.5, 0.6) is 0 Å². The van der Waals surface area contributed by atoms with Crippen molar-refractivity contribution in [2.24, 2.45) is 0 Å². The largest absolute Gasteiger partial charge is 0.375 e. The van der Waals surface area contributed by atoms with Crippen LogP contribution in [0.1, 0.15) is 0 Å². The van der Waals surface area contributed by atoms with Gasteiger partial charge in [0.05, 0.1) is 5.03 Å². The molecule has 8 heavy (non-hydrogen) atoms. The summed E-state index contributed by atoms with van der Waals surface area (Å²) in [7, 11) is 1.99. The Balaban J connectivity index is 2.63. The molecule has 44 valence electrons. The maximum Gasteiger partial charge on any atom is 0.0562 e. The topological polar surface area (TPSA) is 3.24 Å². The van der Waals surface area contributed by atoms with Crippen LogP contribution in [0.4, 0.5) is 0 Å². The molecule has 0 atom stereocenters. The number of likely N-dealkylation sites (N-methyl/N-ethyl adjacent to an activating group) is 1. The van der Waals surface area contributed by atoms with Crippen molar-refractivity contribution < 1.29 is 0 Å². The fraction of sp³-hybridized carbons (Fsp3) is 0.333. The first-order valence-corrected chi connectivity index (χ1v) is 2.91. The summed E-state index contributed by atoms with van der Waals surface area (Å²) < 4.78 is 0. The van der Waals surface area contributed by atoms with E-state index in [4.69, 9.17) is 11.6 Å². The van der Waals surface area contributed by atoms with Crippen LogP contribution in [-0.2, 0) is 0 Å². The van der Waals surface area contributed by atoms with E-state index in [0.29, 0.717) is 0 Å². The number of hydrogen-bond donors (Lipinski definition) is 0. The van der Waals surface area contributed by atoms with Gasteiger partial charge in [-0.05, 0) is 6.08 Å². The molecule has 0 unspecified atom stereocenters. The van der Waals surface area contributed by atoms with Gasteiger partial charge in [-0.2, -0.15) is 0 Å². The van der Waals surface area contributed by atoms with Crippen molar-refractivity contribution in [3.8, 4) is 0 Å². The molecule has 0 aliphatic carbocycles. The van der Waals surface area contributed by atoms with E-state index in [0.717, 1.165) is 11.6 Å². The molecular formula is C6H8ClN. The molecule has 0 bridgehead atoms. The smallest absolute Gasteiger partial charge is 0.0562 e. The van der Waals surface area contributed by atoms with Gasteiger partial charge in [-0.1, -0.05) is 17.7 Å². The van der Waals surface area contributed by atoms with Gasteiger partial charge in [-0.25, -0.2) is 0 Å². The molecule has 0 spiro atoms. The van der Waals surface area contributed by atoms with Gasteiger partial charge in [0.2, 0.25) is 0 Å². The second-order valence-electron chi connectivity index (χ2n) is 1.86. The van der Waals surface area contributed by atoms with Crippen LogP contribution in [0.3, 0.4) is 0 Å². The maximum absolute atomic E-state index is 5.64. The molecule has 0 saturated carbocycles. The lowest BCUT2D eigenvalue weighted by Crippen LogP contribution is -2.12. The van der Waals surface area contributed by atoms with Crippen LogP contribution in [-0.4, -0.2) is 18.5 Å². The molecule has 1 heterocycles. The van der Waals surface area contributed by atoms with Gasteiger partial charge in [-0.15, -0.1) is 0 Å². The molecule has 0 fully saturated rings. The Morgan fingerprint density at radius 2 is 2.50 bits per heavy atom. The summed E-state index contributed by atoms with van der Waals surface area (Å²) in [5.74, 6) is 0.